The standard InChI is InChI=1S/C58H38N4.C57H37N5/c1-4-16-40(17-5-1)51-38-52(60-58(59-51)42-18-6-2-7-19-42)41-32-30-39(31-33-41)43-34-35-49-48-24-10-12-27-53(48)62(56(49)37-43)46-23-14-20-44(36-46)47-26-15-29-55-57(47)50-25-11-13-28-54(50)61(55)45-21-8-3-9-22-45;1-4-14-40(15-5-1)55-58-56(41-16-6-2-7-17-41)60-57(59-55)42-26-24-38(25-27-42)44-30-34-49-47-20-10-12-22-51(47)62(54(49)37-44)46-32-28-39(29-33-46)43-31-35-53-50(36-43)48-21-11-13-23-52(48)61(53)45-18-8-3-9-19-45/h1-38H;1-37H. The third-order valence-corrected chi connectivity index (χ3v) is 24.1. The van der Waals surface area contributed by atoms with Gasteiger partial charge < -0.3 is 18.3 Å². The Morgan fingerprint density at radius 1 is 0.137 bits per heavy atom. The third kappa shape index (κ3) is 13.0. The van der Waals surface area contributed by atoms with Gasteiger partial charge in [0, 0.05) is 99.2 Å². The lowest BCUT2D eigenvalue weighted by Crippen LogP contribution is -2.00. The number of nitrogens with zero attached hydrogens (tertiary/aromatic N) is 9. The first kappa shape index (κ1) is 72.5. The Bertz CT molecular complexity index is 8050. The van der Waals surface area contributed by atoms with Crippen LogP contribution in [0.15, 0.2) is 455 Å². The van der Waals surface area contributed by atoms with E-state index in [1.807, 2.05) is 84.9 Å². The van der Waals surface area contributed by atoms with Crippen molar-refractivity contribution < 1.29 is 0 Å². The second-order valence-corrected chi connectivity index (χ2v) is 31.5. The summed E-state index contributed by atoms with van der Waals surface area (Å²) >= 11 is 0. The molecule has 580 valence electrons. The van der Waals surface area contributed by atoms with Crippen molar-refractivity contribution in [2.75, 3.05) is 0 Å². The summed E-state index contributed by atoms with van der Waals surface area (Å²) in [7, 11) is 0. The normalized spacial score (nSPS) is 11.5. The highest BCUT2D eigenvalue weighted by molar-refractivity contribution is 6.17. The Kier molecular flexibility index (Phi) is 18.0. The molecular formula is C115H75N9. The van der Waals surface area contributed by atoms with E-state index in [0.717, 1.165) is 95.3 Å². The molecule has 0 spiro atoms. The highest BCUT2D eigenvalue weighted by Crippen LogP contribution is 2.44. The number of benzene rings is 18. The maximum absolute atomic E-state index is 5.07. The molecule has 0 radical (unpaired) electrons. The molecule has 24 rings (SSSR count). The van der Waals surface area contributed by atoms with Crippen LogP contribution in [0.25, 0.3) is 223 Å². The Morgan fingerprint density at radius 2 is 0.427 bits per heavy atom. The highest BCUT2D eigenvalue weighted by atomic mass is 15.0. The summed E-state index contributed by atoms with van der Waals surface area (Å²) in [6.45, 7) is 0. The molecule has 0 saturated heterocycles. The first-order valence-corrected chi connectivity index (χ1v) is 42.0. The first-order valence-electron chi connectivity index (χ1n) is 42.0. The monoisotopic (exact) mass is 1580 g/mol. The molecule has 0 amide bonds. The molecule has 0 aliphatic heterocycles. The minimum Gasteiger partial charge on any atom is -0.309 e. The molecule has 0 fully saturated rings. The molecule has 0 bridgehead atoms. The van der Waals surface area contributed by atoms with Crippen LogP contribution in [-0.2, 0) is 0 Å². The van der Waals surface area contributed by atoms with Crippen LogP contribution in [-0.4, -0.2) is 43.2 Å². The molecule has 0 unspecified atom stereocenters. The van der Waals surface area contributed by atoms with E-state index in [1.165, 1.54) is 104 Å². The minimum atomic E-state index is 0.641. The Balaban J connectivity index is 0.000000143. The molecule has 0 saturated carbocycles. The molecule has 0 N–H and O–H groups in total. The maximum atomic E-state index is 5.07. The number of fused-ring (bicyclic) bond motifs is 12. The Hall–Kier alpha value is -16.8. The van der Waals surface area contributed by atoms with Crippen molar-refractivity contribution in [1.82, 2.24) is 43.2 Å². The van der Waals surface area contributed by atoms with Crippen molar-refractivity contribution in [2.24, 2.45) is 0 Å². The van der Waals surface area contributed by atoms with Gasteiger partial charge in [-0.1, -0.05) is 346 Å². The SMILES string of the molecule is c1ccc(-c2cc(-c3ccc(-c4ccc5c6ccccc6n(-c6cccc(-c7cccc8c7c7ccccc7n8-c7ccccc7)c6)c5c4)cc3)nc(-c3ccccc3)n2)cc1.c1ccc(-c2nc(-c3ccccc3)nc(-c3ccc(-c4ccc5c6ccccc6n(-c6ccc(-c7ccc8c(c7)c7ccccc7n8-c7ccccc7)cc6)c5c4)cc3)n2)cc1. The molecule has 0 atom stereocenters. The molecule has 9 nitrogen and oxygen atoms in total. The fraction of sp³-hybridized carbons (Fsp3) is 0. The lowest BCUT2D eigenvalue weighted by Gasteiger charge is -2.13. The molecule has 24 aromatic rings. The van der Waals surface area contributed by atoms with Gasteiger partial charge in [-0.15, -0.1) is 0 Å². The lowest BCUT2D eigenvalue weighted by molar-refractivity contribution is 1.07. The number of para-hydroxylation sites is 6. The van der Waals surface area contributed by atoms with Gasteiger partial charge in [0.2, 0.25) is 0 Å². The molecule has 9 heteroatoms. The van der Waals surface area contributed by atoms with E-state index >= 15 is 0 Å². The quantitative estimate of drug-likeness (QED) is 0.108. The zero-order valence-electron chi connectivity index (χ0n) is 67.3. The summed E-state index contributed by atoms with van der Waals surface area (Å²) in [5.41, 5.74) is 31.1. The highest BCUT2D eigenvalue weighted by Gasteiger charge is 2.23. The van der Waals surface area contributed by atoms with E-state index in [4.69, 9.17) is 24.9 Å². The maximum Gasteiger partial charge on any atom is 0.164 e. The van der Waals surface area contributed by atoms with Gasteiger partial charge in [-0.2, -0.15) is 0 Å². The fourth-order valence-electron chi connectivity index (χ4n) is 18.2. The van der Waals surface area contributed by atoms with E-state index in [-0.39, 0.29) is 0 Å². The van der Waals surface area contributed by atoms with Gasteiger partial charge in [0.25, 0.3) is 0 Å². The van der Waals surface area contributed by atoms with Crippen LogP contribution < -0.4 is 0 Å². The molecule has 6 heterocycles. The predicted molar refractivity (Wildman–Crippen MR) is 514 cm³/mol. The summed E-state index contributed by atoms with van der Waals surface area (Å²) in [5, 5.41) is 9.90. The van der Waals surface area contributed by atoms with E-state index in [2.05, 4.69) is 388 Å². The Morgan fingerprint density at radius 3 is 0.927 bits per heavy atom. The van der Waals surface area contributed by atoms with Crippen LogP contribution in [0.2, 0.25) is 0 Å². The summed E-state index contributed by atoms with van der Waals surface area (Å²) in [4.78, 5) is 24.8. The van der Waals surface area contributed by atoms with Gasteiger partial charge in [0.05, 0.1) is 55.5 Å². The topological polar surface area (TPSA) is 84.2 Å². The van der Waals surface area contributed by atoms with Gasteiger partial charge in [0.1, 0.15) is 0 Å². The molecule has 124 heavy (non-hydrogen) atoms. The first-order chi connectivity index (χ1) is 61.5. The smallest absolute Gasteiger partial charge is 0.164 e. The van der Waals surface area contributed by atoms with Crippen molar-refractivity contribution in [3.8, 4) is 135 Å². The molecular weight excluding hydrogens is 1510 g/mol. The van der Waals surface area contributed by atoms with Crippen molar-refractivity contribution >= 4 is 87.2 Å². The van der Waals surface area contributed by atoms with Crippen LogP contribution >= 0.6 is 0 Å². The number of aromatic nitrogens is 9. The van der Waals surface area contributed by atoms with Crippen molar-refractivity contribution in [3.05, 3.63) is 455 Å². The van der Waals surface area contributed by atoms with Gasteiger partial charge >= 0.3 is 0 Å². The Labute approximate surface area is 716 Å². The van der Waals surface area contributed by atoms with Crippen LogP contribution in [0.3, 0.4) is 0 Å². The summed E-state index contributed by atoms with van der Waals surface area (Å²) < 4.78 is 9.57. The largest absolute Gasteiger partial charge is 0.309 e. The molecule has 18 aromatic carbocycles. The van der Waals surface area contributed by atoms with Crippen LogP contribution in [0.1, 0.15) is 0 Å². The van der Waals surface area contributed by atoms with E-state index in [9.17, 15) is 0 Å². The van der Waals surface area contributed by atoms with Gasteiger partial charge in [-0.05, 0) is 154 Å². The zero-order chi connectivity index (χ0) is 82.0. The van der Waals surface area contributed by atoms with Crippen molar-refractivity contribution in [1.29, 1.82) is 0 Å². The third-order valence-electron chi connectivity index (χ3n) is 24.1. The van der Waals surface area contributed by atoms with E-state index < -0.39 is 0 Å². The van der Waals surface area contributed by atoms with Crippen molar-refractivity contribution in [3.63, 3.8) is 0 Å². The second kappa shape index (κ2) is 30.9. The molecule has 6 aromatic heterocycles. The average Bonchev–Trinajstić information content (AvgIpc) is 1.59. The predicted octanol–water partition coefficient (Wildman–Crippen LogP) is 29.4. The van der Waals surface area contributed by atoms with Gasteiger partial charge in [0.15, 0.2) is 23.3 Å². The summed E-state index contributed by atoms with van der Waals surface area (Å²) in [6, 6.07) is 162. The van der Waals surface area contributed by atoms with Gasteiger partial charge in [-0.25, -0.2) is 24.9 Å². The van der Waals surface area contributed by atoms with Crippen LogP contribution in [0.4, 0.5) is 0 Å². The van der Waals surface area contributed by atoms with Crippen molar-refractivity contribution in [2.45, 2.75) is 0 Å². The van der Waals surface area contributed by atoms with E-state index in [0.29, 0.717) is 23.3 Å². The van der Waals surface area contributed by atoms with E-state index in [1.54, 1.807) is 0 Å². The van der Waals surface area contributed by atoms with Gasteiger partial charge in [-0.3, -0.25) is 0 Å². The number of hydrogen-bond donors (Lipinski definition) is 0. The fourth-order valence-corrected chi connectivity index (χ4v) is 18.2. The van der Waals surface area contributed by atoms with Crippen LogP contribution in [0.5, 0.6) is 0 Å². The average molecular weight is 1580 g/mol. The summed E-state index contributed by atoms with van der Waals surface area (Å²) in [5.74, 6) is 2.65. The molecule has 0 aliphatic rings. The summed E-state index contributed by atoms with van der Waals surface area (Å²) in [6.07, 6.45) is 0. The number of rotatable bonds is 14. The zero-order valence-corrected chi connectivity index (χ0v) is 67.3. The van der Waals surface area contributed by atoms with Crippen LogP contribution in [0, 0.1) is 0 Å². The molecule has 0 aliphatic carbocycles. The second-order valence-electron chi connectivity index (χ2n) is 31.5. The number of hydrogen-bond acceptors (Lipinski definition) is 5. The lowest BCUT2D eigenvalue weighted by atomic mass is 9.99. The minimum absolute atomic E-state index is 0.641.